The zero-order chi connectivity index (χ0) is 18.7. The van der Waals surface area contributed by atoms with Gasteiger partial charge in [-0.05, 0) is 44.2 Å². The summed E-state index contributed by atoms with van der Waals surface area (Å²) in [4.78, 5) is 7.99. The molecule has 2 heterocycles. The minimum absolute atomic E-state index is 0.366. The van der Waals surface area contributed by atoms with Crippen LogP contribution in [0.15, 0.2) is 35.5 Å². The van der Waals surface area contributed by atoms with Crippen LogP contribution in [-0.2, 0) is 15.9 Å². The molecule has 1 aliphatic heterocycles. The average Bonchev–Trinajstić information content (AvgIpc) is 3.12. The third kappa shape index (κ3) is 6.26. The van der Waals surface area contributed by atoms with Gasteiger partial charge in [-0.2, -0.15) is 0 Å². The van der Waals surface area contributed by atoms with Gasteiger partial charge in [-0.15, -0.1) is 0 Å². The number of H-pyrrole nitrogens is 1. The number of para-hydroxylation sites is 1. The maximum Gasteiger partial charge on any atom is 0.191 e. The molecule has 1 saturated heterocycles. The summed E-state index contributed by atoms with van der Waals surface area (Å²) in [6, 6.07) is 8.42. The fourth-order valence-corrected chi connectivity index (χ4v) is 3.34. The molecule has 6 heteroatoms. The number of aliphatic imine (C=N–C) groups is 1. The van der Waals surface area contributed by atoms with Gasteiger partial charge in [-0.3, -0.25) is 4.99 Å². The first-order chi connectivity index (χ1) is 13.4. The lowest BCUT2D eigenvalue weighted by molar-refractivity contribution is -0.0318. The van der Waals surface area contributed by atoms with E-state index in [1.165, 1.54) is 16.5 Å². The third-order valence-electron chi connectivity index (χ3n) is 4.80. The predicted molar refractivity (Wildman–Crippen MR) is 110 cm³/mol. The van der Waals surface area contributed by atoms with Gasteiger partial charge < -0.3 is 25.1 Å². The van der Waals surface area contributed by atoms with Crippen molar-refractivity contribution in [2.24, 2.45) is 4.99 Å². The normalized spacial score (nSPS) is 16.0. The van der Waals surface area contributed by atoms with Crippen LogP contribution in [0.5, 0.6) is 0 Å². The van der Waals surface area contributed by atoms with E-state index in [1.54, 1.807) is 0 Å². The molecule has 27 heavy (non-hydrogen) atoms. The summed E-state index contributed by atoms with van der Waals surface area (Å²) in [5.74, 6) is 0.878. The molecule has 0 atom stereocenters. The van der Waals surface area contributed by atoms with Crippen LogP contribution in [0.4, 0.5) is 0 Å². The standard InChI is InChI=1S/C21H32N4O2/c1-2-22-21(23-11-5-13-27-18-9-14-26-15-10-18)24-12-8-17-16-25-20-7-4-3-6-19(17)20/h3-4,6-7,16,18,25H,2,5,8-15H2,1H3,(H2,22,23,24). The van der Waals surface area contributed by atoms with Gasteiger partial charge in [0.15, 0.2) is 5.96 Å². The van der Waals surface area contributed by atoms with Crippen molar-refractivity contribution in [2.45, 2.75) is 38.7 Å². The number of nitrogens with zero attached hydrogens (tertiary/aromatic N) is 1. The Morgan fingerprint density at radius 1 is 1.26 bits per heavy atom. The van der Waals surface area contributed by atoms with Crippen molar-refractivity contribution in [1.82, 2.24) is 15.6 Å². The second-order valence-corrected chi connectivity index (χ2v) is 6.83. The van der Waals surface area contributed by atoms with Crippen LogP contribution in [0, 0.1) is 0 Å². The first-order valence-corrected chi connectivity index (χ1v) is 10.1. The van der Waals surface area contributed by atoms with Crippen LogP contribution in [-0.4, -0.2) is 56.5 Å². The first kappa shape index (κ1) is 19.7. The van der Waals surface area contributed by atoms with Crippen LogP contribution < -0.4 is 10.6 Å². The average molecular weight is 373 g/mol. The monoisotopic (exact) mass is 372 g/mol. The Kier molecular flexibility index (Phi) is 7.99. The minimum atomic E-state index is 0.366. The van der Waals surface area contributed by atoms with Gasteiger partial charge in [0.05, 0.1) is 6.10 Å². The number of aromatic nitrogens is 1. The van der Waals surface area contributed by atoms with Crippen LogP contribution >= 0.6 is 0 Å². The van der Waals surface area contributed by atoms with E-state index in [9.17, 15) is 0 Å². The number of ether oxygens (including phenoxy) is 2. The van der Waals surface area contributed by atoms with Crippen molar-refractivity contribution in [2.75, 3.05) is 39.5 Å². The van der Waals surface area contributed by atoms with Crippen LogP contribution in [0.2, 0.25) is 0 Å². The molecule has 0 amide bonds. The Bertz CT molecular complexity index is 707. The van der Waals surface area contributed by atoms with E-state index in [4.69, 9.17) is 9.47 Å². The summed E-state index contributed by atoms with van der Waals surface area (Å²) in [6.07, 6.45) is 6.40. The number of rotatable bonds is 9. The summed E-state index contributed by atoms with van der Waals surface area (Å²) in [7, 11) is 0. The summed E-state index contributed by atoms with van der Waals surface area (Å²) < 4.78 is 11.3. The van der Waals surface area contributed by atoms with E-state index in [1.807, 2.05) is 0 Å². The second kappa shape index (κ2) is 10.9. The molecule has 2 aromatic rings. The van der Waals surface area contributed by atoms with Gasteiger partial charge in [-0.1, -0.05) is 18.2 Å². The molecule has 0 saturated carbocycles. The maximum atomic E-state index is 5.90. The molecule has 3 rings (SSSR count). The molecule has 1 fully saturated rings. The maximum absolute atomic E-state index is 5.90. The largest absolute Gasteiger partial charge is 0.381 e. The molecule has 0 spiro atoms. The topological polar surface area (TPSA) is 70.7 Å². The lowest BCUT2D eigenvalue weighted by Gasteiger charge is -2.22. The lowest BCUT2D eigenvalue weighted by Crippen LogP contribution is -2.38. The van der Waals surface area contributed by atoms with E-state index >= 15 is 0 Å². The Morgan fingerprint density at radius 2 is 2.11 bits per heavy atom. The quantitative estimate of drug-likeness (QED) is 0.360. The van der Waals surface area contributed by atoms with E-state index in [0.29, 0.717) is 6.10 Å². The van der Waals surface area contributed by atoms with Crippen LogP contribution in [0.1, 0.15) is 31.7 Å². The summed E-state index contributed by atoms with van der Waals surface area (Å²) >= 11 is 0. The van der Waals surface area contributed by atoms with Crippen LogP contribution in [0.25, 0.3) is 10.9 Å². The molecule has 0 radical (unpaired) electrons. The minimum Gasteiger partial charge on any atom is -0.381 e. The van der Waals surface area contributed by atoms with Gasteiger partial charge in [0.25, 0.3) is 0 Å². The molecule has 148 valence electrons. The van der Waals surface area contributed by atoms with Crippen molar-refractivity contribution in [3.63, 3.8) is 0 Å². The highest BCUT2D eigenvalue weighted by Gasteiger charge is 2.13. The van der Waals surface area contributed by atoms with E-state index in [2.05, 4.69) is 58.0 Å². The van der Waals surface area contributed by atoms with E-state index in [0.717, 1.165) is 71.1 Å². The van der Waals surface area contributed by atoms with Gasteiger partial charge in [0.1, 0.15) is 0 Å². The smallest absolute Gasteiger partial charge is 0.191 e. The first-order valence-electron chi connectivity index (χ1n) is 10.1. The van der Waals surface area contributed by atoms with Crippen molar-refractivity contribution in [1.29, 1.82) is 0 Å². The molecular formula is C21H32N4O2. The summed E-state index contributed by atoms with van der Waals surface area (Å²) in [6.45, 7) is 6.99. The lowest BCUT2D eigenvalue weighted by atomic mass is 10.1. The van der Waals surface area contributed by atoms with Crippen molar-refractivity contribution >= 4 is 16.9 Å². The van der Waals surface area contributed by atoms with Crippen molar-refractivity contribution < 1.29 is 9.47 Å². The molecule has 6 nitrogen and oxygen atoms in total. The summed E-state index contributed by atoms with van der Waals surface area (Å²) in [5.41, 5.74) is 2.52. The number of benzene rings is 1. The Hall–Kier alpha value is -2.05. The number of hydrogen-bond donors (Lipinski definition) is 3. The van der Waals surface area contributed by atoms with Crippen molar-refractivity contribution in [3.05, 3.63) is 36.0 Å². The molecule has 1 aliphatic rings. The highest BCUT2D eigenvalue weighted by Crippen LogP contribution is 2.17. The molecule has 1 aromatic heterocycles. The molecule has 0 bridgehead atoms. The van der Waals surface area contributed by atoms with Gasteiger partial charge in [0.2, 0.25) is 0 Å². The van der Waals surface area contributed by atoms with Gasteiger partial charge >= 0.3 is 0 Å². The molecule has 3 N–H and O–H groups in total. The highest BCUT2D eigenvalue weighted by molar-refractivity contribution is 5.83. The molecule has 0 aliphatic carbocycles. The van der Waals surface area contributed by atoms with Crippen molar-refractivity contribution in [3.8, 4) is 0 Å². The molecule has 0 unspecified atom stereocenters. The number of fused-ring (bicyclic) bond motifs is 1. The Balaban J connectivity index is 1.38. The summed E-state index contributed by atoms with van der Waals surface area (Å²) in [5, 5.41) is 8.04. The molecule has 1 aromatic carbocycles. The number of aromatic amines is 1. The Labute approximate surface area is 161 Å². The number of hydrogen-bond acceptors (Lipinski definition) is 3. The SMILES string of the molecule is CCNC(=NCCCOC1CCOCC1)NCCc1c[nH]c2ccccc12. The van der Waals surface area contributed by atoms with E-state index < -0.39 is 0 Å². The number of guanidine groups is 1. The van der Waals surface area contributed by atoms with Gasteiger partial charge in [0, 0.05) is 56.6 Å². The van der Waals surface area contributed by atoms with Crippen LogP contribution in [0.3, 0.4) is 0 Å². The zero-order valence-electron chi connectivity index (χ0n) is 16.3. The molecular weight excluding hydrogens is 340 g/mol. The third-order valence-corrected chi connectivity index (χ3v) is 4.80. The number of nitrogens with one attached hydrogen (secondary N) is 3. The highest BCUT2D eigenvalue weighted by atomic mass is 16.5. The zero-order valence-corrected chi connectivity index (χ0v) is 16.3. The Morgan fingerprint density at radius 3 is 2.96 bits per heavy atom. The van der Waals surface area contributed by atoms with Gasteiger partial charge in [-0.25, -0.2) is 0 Å². The predicted octanol–water partition coefficient (Wildman–Crippen LogP) is 2.85. The second-order valence-electron chi connectivity index (χ2n) is 6.83. The fraction of sp³-hybridized carbons (Fsp3) is 0.571. The van der Waals surface area contributed by atoms with E-state index in [-0.39, 0.29) is 0 Å². The fourth-order valence-electron chi connectivity index (χ4n) is 3.34.